The zero-order chi connectivity index (χ0) is 43.5. The number of hydrogen-bond acceptors (Lipinski definition) is 10. The van der Waals surface area contributed by atoms with Gasteiger partial charge in [-0.3, -0.25) is 0 Å². The molecule has 0 saturated carbocycles. The summed E-state index contributed by atoms with van der Waals surface area (Å²) in [6, 6.07) is 30.9. The molecule has 336 valence electrons. The number of hydrogen-bond donors (Lipinski definition) is 1. The van der Waals surface area contributed by atoms with Crippen molar-refractivity contribution in [2.24, 2.45) is 5.92 Å². The van der Waals surface area contributed by atoms with Crippen molar-refractivity contribution in [2.75, 3.05) is 13.2 Å². The molecule has 5 aliphatic heterocycles. The summed E-state index contributed by atoms with van der Waals surface area (Å²) in [6.07, 6.45) is 5.35. The molecule has 3 aromatic carbocycles. The molecule has 0 bridgehead atoms. The van der Waals surface area contributed by atoms with Gasteiger partial charge in [0, 0.05) is 43.6 Å². The van der Waals surface area contributed by atoms with Gasteiger partial charge < -0.3 is 43.0 Å². The normalized spacial score (nSPS) is 37.8. The first-order chi connectivity index (χ1) is 29.8. The van der Waals surface area contributed by atoms with Crippen molar-refractivity contribution in [3.8, 4) is 0 Å². The Morgan fingerprint density at radius 2 is 1.52 bits per heavy atom. The summed E-state index contributed by atoms with van der Waals surface area (Å²) in [5, 5.41) is 11.7. The molecule has 1 N–H and O–H groups in total. The summed E-state index contributed by atoms with van der Waals surface area (Å²) in [5.74, 6) is -0.0185. The first kappa shape index (κ1) is 45.7. The topological polar surface area (TPSA) is 94.1 Å². The molecule has 5 heterocycles. The van der Waals surface area contributed by atoms with Crippen LogP contribution in [0.4, 0.5) is 0 Å². The van der Waals surface area contributed by atoms with E-state index in [1.165, 1.54) is 5.57 Å². The van der Waals surface area contributed by atoms with Crippen LogP contribution in [0.2, 0.25) is 0 Å². The molecular formula is C52H68O9S. The summed E-state index contributed by atoms with van der Waals surface area (Å²) in [6.45, 7) is 19.2. The van der Waals surface area contributed by atoms with Crippen LogP contribution in [0, 0.1) is 5.92 Å². The van der Waals surface area contributed by atoms with Crippen molar-refractivity contribution >= 4 is 11.8 Å². The molecule has 4 saturated heterocycles. The zero-order valence-corrected chi connectivity index (χ0v) is 38.3. The van der Waals surface area contributed by atoms with Crippen LogP contribution in [0.5, 0.6) is 0 Å². The summed E-state index contributed by atoms with van der Waals surface area (Å²) in [5.41, 5.74) is 0.381. The van der Waals surface area contributed by atoms with Gasteiger partial charge in [-0.1, -0.05) is 110 Å². The lowest BCUT2D eigenvalue weighted by Crippen LogP contribution is -2.69. The molecule has 4 fully saturated rings. The Morgan fingerprint density at radius 3 is 2.21 bits per heavy atom. The first-order valence-corrected chi connectivity index (χ1v) is 23.6. The van der Waals surface area contributed by atoms with Crippen molar-refractivity contribution in [1.82, 2.24) is 0 Å². The Morgan fingerprint density at radius 1 is 0.839 bits per heavy atom. The van der Waals surface area contributed by atoms with Gasteiger partial charge in [-0.05, 0) is 75.8 Å². The molecule has 62 heavy (non-hydrogen) atoms. The highest BCUT2D eigenvalue weighted by molar-refractivity contribution is 7.99. The number of rotatable bonds is 16. The van der Waals surface area contributed by atoms with Gasteiger partial charge in [0.05, 0.1) is 79.4 Å². The monoisotopic (exact) mass is 868 g/mol. The highest BCUT2D eigenvalue weighted by Gasteiger charge is 2.60. The summed E-state index contributed by atoms with van der Waals surface area (Å²) in [4.78, 5) is 1.10. The number of benzene rings is 3. The lowest BCUT2D eigenvalue weighted by Gasteiger charge is -2.59. The summed E-state index contributed by atoms with van der Waals surface area (Å²) < 4.78 is 54.5. The fourth-order valence-electron chi connectivity index (χ4n) is 10.2. The van der Waals surface area contributed by atoms with Gasteiger partial charge in [-0.2, -0.15) is 0 Å². The maximum atomic E-state index is 11.7. The minimum Gasteiger partial charge on any atom is -0.390 e. The van der Waals surface area contributed by atoms with Gasteiger partial charge in [0.25, 0.3) is 0 Å². The number of aliphatic hydroxyl groups excluding tert-OH is 1. The van der Waals surface area contributed by atoms with E-state index in [0.717, 1.165) is 22.4 Å². The molecule has 1 unspecified atom stereocenters. The molecule has 8 rings (SSSR count). The highest BCUT2D eigenvalue weighted by atomic mass is 32.2. The molecule has 14 atom stereocenters. The molecule has 0 aromatic heterocycles. The van der Waals surface area contributed by atoms with Crippen LogP contribution in [0.1, 0.15) is 91.2 Å². The standard InChI is InChI=1S/C52H68O9S/c1-8-49(4)44(30-45-52(7,61-49)32-46(56-34-38-20-14-10-15-21-38)50(5,59-45)25-27-54-33-37-18-12-9-13-19-37)58-48(62-39-22-16-11-17-23-39)36(3)28-41-40(53)31-51(6)43(57-41)29-42-47(60-51)35(2)24-26-55-42/h8-24,36,40-48,53H,1,25-34H2,2-7H3/t36-,40-,41+,42+,43-,44+,45-,46-,47-,48?,49-,50+,51+,52+/m1/s1. The lowest BCUT2D eigenvalue weighted by molar-refractivity contribution is -0.336. The van der Waals surface area contributed by atoms with E-state index in [9.17, 15) is 5.11 Å². The largest absolute Gasteiger partial charge is 0.390 e. The fraction of sp³-hybridized carbons (Fsp3) is 0.577. The lowest BCUT2D eigenvalue weighted by atomic mass is 9.73. The number of aliphatic hydroxyl groups is 1. The van der Waals surface area contributed by atoms with Gasteiger partial charge in [0.1, 0.15) is 17.1 Å². The molecule has 9 nitrogen and oxygen atoms in total. The fourth-order valence-corrected chi connectivity index (χ4v) is 11.4. The van der Waals surface area contributed by atoms with Crippen molar-refractivity contribution in [2.45, 2.75) is 175 Å². The third-order valence-corrected chi connectivity index (χ3v) is 15.6. The maximum Gasteiger partial charge on any atom is 0.110 e. The Balaban J connectivity index is 0.997. The van der Waals surface area contributed by atoms with E-state index in [1.807, 2.05) is 48.5 Å². The first-order valence-electron chi connectivity index (χ1n) is 22.7. The molecule has 0 amide bonds. The predicted octanol–water partition coefficient (Wildman–Crippen LogP) is 9.79. The van der Waals surface area contributed by atoms with Gasteiger partial charge in [-0.15, -0.1) is 6.58 Å². The van der Waals surface area contributed by atoms with E-state index in [0.29, 0.717) is 58.5 Å². The Kier molecular flexibility index (Phi) is 14.2. The van der Waals surface area contributed by atoms with Gasteiger partial charge in [0.2, 0.25) is 0 Å². The van der Waals surface area contributed by atoms with E-state index >= 15 is 0 Å². The average Bonchev–Trinajstić information content (AvgIpc) is 3.26. The van der Waals surface area contributed by atoms with Gasteiger partial charge in [-0.25, -0.2) is 0 Å². The predicted molar refractivity (Wildman–Crippen MR) is 242 cm³/mol. The molecular weight excluding hydrogens is 801 g/mol. The molecule has 0 spiro atoms. The van der Waals surface area contributed by atoms with Crippen LogP contribution in [-0.2, 0) is 51.1 Å². The van der Waals surface area contributed by atoms with Crippen LogP contribution >= 0.6 is 11.8 Å². The smallest absolute Gasteiger partial charge is 0.110 e. The molecule has 5 aliphatic rings. The number of fused-ring (bicyclic) bond motifs is 3. The minimum absolute atomic E-state index is 0.0185. The second kappa shape index (κ2) is 19.3. The SMILES string of the molecule is C=C[C@@]1(C)O[C@@]2(C)C[C@@H](OCc3ccccc3)[C@](C)(CCOCc3ccccc3)O[C@@H]2C[C@@H]1OC(Sc1ccccc1)[C@H](C)C[C@@H]1O[C@@H]2C[C@@H]3OCC=C(C)[C@H]3O[C@@]2(C)C[C@H]1O. The molecule has 10 heteroatoms. The summed E-state index contributed by atoms with van der Waals surface area (Å²) >= 11 is 1.70. The molecule has 3 aromatic rings. The highest BCUT2D eigenvalue weighted by Crippen LogP contribution is 2.51. The third-order valence-electron chi connectivity index (χ3n) is 14.2. The average molecular weight is 869 g/mol. The van der Waals surface area contributed by atoms with Crippen molar-refractivity contribution in [3.63, 3.8) is 0 Å². The van der Waals surface area contributed by atoms with Crippen molar-refractivity contribution in [1.29, 1.82) is 0 Å². The minimum atomic E-state index is -0.828. The maximum absolute atomic E-state index is 11.7. The van der Waals surface area contributed by atoms with Gasteiger partial charge >= 0.3 is 0 Å². The van der Waals surface area contributed by atoms with Crippen LogP contribution in [0.3, 0.4) is 0 Å². The molecule has 0 radical (unpaired) electrons. The van der Waals surface area contributed by atoms with Crippen LogP contribution in [0.15, 0.2) is 120 Å². The number of ether oxygens (including phenoxy) is 8. The van der Waals surface area contributed by atoms with Crippen LogP contribution < -0.4 is 0 Å². The molecule has 0 aliphatic carbocycles. The zero-order valence-electron chi connectivity index (χ0n) is 37.5. The van der Waals surface area contributed by atoms with Gasteiger partial charge in [0.15, 0.2) is 0 Å². The third kappa shape index (κ3) is 10.2. The quantitative estimate of drug-likeness (QED) is 0.0650. The van der Waals surface area contributed by atoms with Crippen LogP contribution in [0.25, 0.3) is 0 Å². The van der Waals surface area contributed by atoms with E-state index in [2.05, 4.69) is 103 Å². The van der Waals surface area contributed by atoms with E-state index in [-0.39, 0.29) is 54.1 Å². The van der Waals surface area contributed by atoms with E-state index in [1.54, 1.807) is 11.8 Å². The van der Waals surface area contributed by atoms with Crippen LogP contribution in [-0.4, -0.2) is 95.0 Å². The van der Waals surface area contributed by atoms with Crippen molar-refractivity contribution < 1.29 is 43.0 Å². The number of thioether (sulfide) groups is 1. The Labute approximate surface area is 373 Å². The Hall–Kier alpha value is -2.87. The second-order valence-corrected chi connectivity index (χ2v) is 20.4. The van der Waals surface area contributed by atoms with E-state index < -0.39 is 28.5 Å². The van der Waals surface area contributed by atoms with E-state index in [4.69, 9.17) is 37.9 Å². The second-order valence-electron chi connectivity index (χ2n) is 19.2. The summed E-state index contributed by atoms with van der Waals surface area (Å²) in [7, 11) is 0. The van der Waals surface area contributed by atoms with Crippen molar-refractivity contribution in [3.05, 3.63) is 126 Å². The Bertz CT molecular complexity index is 1950.